The van der Waals surface area contributed by atoms with E-state index in [0.717, 1.165) is 11.3 Å². The number of benzene rings is 2. The molecule has 2 aromatic carbocycles. The summed E-state index contributed by atoms with van der Waals surface area (Å²) in [5.41, 5.74) is 8.95. The van der Waals surface area contributed by atoms with E-state index >= 15 is 0 Å². The molecule has 0 amide bonds. The predicted octanol–water partition coefficient (Wildman–Crippen LogP) is 8.49. The monoisotopic (exact) mass is 512 g/mol. The fourth-order valence-corrected chi connectivity index (χ4v) is 10.4. The number of hydrogen-bond donors (Lipinski definition) is 1. The van der Waals surface area contributed by atoms with Crippen LogP contribution in [-0.2, 0) is 20.4 Å². The van der Waals surface area contributed by atoms with E-state index in [4.69, 9.17) is 17.0 Å². The average molecular weight is 513 g/mol. The Morgan fingerprint density at radius 3 is 1.32 bits per heavy atom. The molecule has 2 N–H and O–H groups in total. The van der Waals surface area contributed by atoms with Gasteiger partial charge >= 0.3 is 20.4 Å². The van der Waals surface area contributed by atoms with Crippen LogP contribution in [-0.4, -0.2) is 15.5 Å². The van der Waals surface area contributed by atoms with Crippen molar-refractivity contribution in [3.05, 3.63) is 54.6 Å². The SMILES string of the molecule is CC(C)(C)[P+](Cl)(C(C)(C)C)C(C)(C)C.Nc1ccccc1-c1ccccc1.[Pd+2]. The largest absolute Gasteiger partial charge is 2.00 e. The van der Waals surface area contributed by atoms with Gasteiger partial charge in [-0.15, -0.1) is 0 Å². The fraction of sp³-hybridized carbons (Fsp3) is 0.500. The van der Waals surface area contributed by atoms with Crippen LogP contribution in [0.2, 0.25) is 0 Å². The first kappa shape index (κ1) is 27.6. The Labute approximate surface area is 192 Å². The third kappa shape index (κ3) is 6.31. The number of hydrogen-bond acceptors (Lipinski definition) is 1. The number of halogens is 1. The Kier molecular flexibility index (Phi) is 9.95. The topological polar surface area (TPSA) is 26.0 Å². The molecule has 158 valence electrons. The Bertz CT molecular complexity index is 689. The van der Waals surface area contributed by atoms with Crippen LogP contribution in [0.15, 0.2) is 54.6 Å². The second-order valence-electron chi connectivity index (χ2n) is 10.1. The molecule has 0 unspecified atom stereocenters. The molecular formula is C24H38ClNPPd+3. The summed E-state index contributed by atoms with van der Waals surface area (Å²) in [6, 6.07) is 18.1. The molecular weight excluding hydrogens is 475 g/mol. The van der Waals surface area contributed by atoms with E-state index in [-0.39, 0.29) is 35.9 Å². The van der Waals surface area contributed by atoms with Crippen LogP contribution in [0, 0.1) is 0 Å². The van der Waals surface area contributed by atoms with Gasteiger partial charge in [0.15, 0.2) is 0 Å². The van der Waals surface area contributed by atoms with Crippen molar-refractivity contribution >= 4 is 23.5 Å². The molecule has 0 saturated carbocycles. The Balaban J connectivity index is 0.000000503. The maximum atomic E-state index is 7.08. The van der Waals surface area contributed by atoms with Crippen molar-refractivity contribution in [3.8, 4) is 11.1 Å². The number of nitrogens with two attached hydrogens (primary N) is 1. The second kappa shape index (κ2) is 10.1. The maximum Gasteiger partial charge on any atom is 2.00 e. The molecule has 28 heavy (non-hydrogen) atoms. The molecule has 0 heterocycles. The molecule has 0 aromatic heterocycles. The minimum Gasteiger partial charge on any atom is -0.398 e. The van der Waals surface area contributed by atoms with Gasteiger partial charge in [0, 0.05) is 11.3 Å². The summed E-state index contributed by atoms with van der Waals surface area (Å²) in [5, 5.41) is 0.598. The smallest absolute Gasteiger partial charge is 0.398 e. The first-order valence-corrected chi connectivity index (χ1v) is 12.3. The maximum absolute atomic E-state index is 7.08. The number of para-hydroxylation sites is 1. The van der Waals surface area contributed by atoms with Crippen LogP contribution in [0.3, 0.4) is 0 Å². The number of rotatable bonds is 1. The van der Waals surface area contributed by atoms with E-state index < -0.39 is 6.62 Å². The third-order valence-corrected chi connectivity index (χ3v) is 14.9. The van der Waals surface area contributed by atoms with E-state index in [1.165, 1.54) is 5.56 Å². The normalized spacial score (nSPS) is 12.5. The van der Waals surface area contributed by atoms with Gasteiger partial charge in [-0.25, -0.2) is 0 Å². The zero-order valence-electron chi connectivity index (χ0n) is 18.9. The van der Waals surface area contributed by atoms with Crippen LogP contribution in [0.1, 0.15) is 62.3 Å². The van der Waals surface area contributed by atoms with Gasteiger partial charge in [0.2, 0.25) is 0 Å². The molecule has 0 spiro atoms. The molecule has 2 rings (SSSR count). The first-order chi connectivity index (χ1) is 12.1. The first-order valence-electron chi connectivity index (χ1n) is 9.62. The predicted molar refractivity (Wildman–Crippen MR) is 128 cm³/mol. The van der Waals surface area contributed by atoms with Gasteiger partial charge in [0.05, 0.1) is 26.7 Å². The average Bonchev–Trinajstić information content (AvgIpc) is 2.53. The summed E-state index contributed by atoms with van der Waals surface area (Å²) in [7, 11) is 0. The molecule has 0 aliphatic carbocycles. The van der Waals surface area contributed by atoms with Crippen LogP contribution in [0.5, 0.6) is 0 Å². The van der Waals surface area contributed by atoms with Gasteiger partial charge in [-0.2, -0.15) is 0 Å². The van der Waals surface area contributed by atoms with Crippen LogP contribution < -0.4 is 5.73 Å². The number of nitrogen functional groups attached to an aromatic ring is 1. The molecule has 0 aliphatic heterocycles. The van der Waals surface area contributed by atoms with Crippen LogP contribution in [0.4, 0.5) is 5.69 Å². The van der Waals surface area contributed by atoms with Gasteiger partial charge < -0.3 is 5.73 Å². The Morgan fingerprint density at radius 1 is 0.643 bits per heavy atom. The van der Waals surface area contributed by atoms with Crippen LogP contribution >= 0.6 is 17.9 Å². The Hall–Kier alpha value is -0.378. The molecule has 2 aromatic rings. The van der Waals surface area contributed by atoms with Crippen molar-refractivity contribution in [2.24, 2.45) is 0 Å². The summed E-state index contributed by atoms with van der Waals surface area (Å²) in [6.07, 6.45) is 0. The van der Waals surface area contributed by atoms with E-state index in [9.17, 15) is 0 Å². The minimum absolute atomic E-state index is 0. The van der Waals surface area contributed by atoms with Gasteiger partial charge in [0.25, 0.3) is 0 Å². The van der Waals surface area contributed by atoms with Crippen molar-refractivity contribution in [2.45, 2.75) is 77.8 Å². The molecule has 0 bridgehead atoms. The molecule has 0 radical (unpaired) electrons. The zero-order valence-corrected chi connectivity index (χ0v) is 22.1. The molecule has 0 fully saturated rings. The summed E-state index contributed by atoms with van der Waals surface area (Å²) in [5.74, 6) is 0. The summed E-state index contributed by atoms with van der Waals surface area (Å²) in [6.45, 7) is 19.0. The van der Waals surface area contributed by atoms with E-state index in [1.54, 1.807) is 0 Å². The molecule has 0 atom stereocenters. The zero-order chi connectivity index (χ0) is 21.1. The summed E-state index contributed by atoms with van der Waals surface area (Å²) in [4.78, 5) is 0. The van der Waals surface area contributed by atoms with E-state index in [0.29, 0.717) is 0 Å². The number of anilines is 1. The fourth-order valence-electron chi connectivity index (χ4n) is 4.40. The van der Waals surface area contributed by atoms with Crippen LogP contribution in [0.25, 0.3) is 11.1 Å². The van der Waals surface area contributed by atoms with Gasteiger partial charge in [-0.3, -0.25) is 0 Å². The van der Waals surface area contributed by atoms with Crippen molar-refractivity contribution in [2.75, 3.05) is 5.73 Å². The van der Waals surface area contributed by atoms with Gasteiger partial charge in [0.1, 0.15) is 6.62 Å². The third-order valence-electron chi connectivity index (χ3n) is 4.82. The van der Waals surface area contributed by atoms with E-state index in [2.05, 4.69) is 74.4 Å². The van der Waals surface area contributed by atoms with Crippen molar-refractivity contribution in [1.29, 1.82) is 0 Å². The standard InChI is InChI=1S/C12H27ClP.C12H11N.Pd/c1-10(2,3)14(13,11(4,5)6)12(7,8)9;13-12-9-5-4-8-11(12)10-6-2-1-3-7-10;/h1-9H3;1-9H,13H2;/q+1;;+2. The van der Waals surface area contributed by atoms with Crippen molar-refractivity contribution in [1.82, 2.24) is 0 Å². The molecule has 1 nitrogen and oxygen atoms in total. The minimum atomic E-state index is -1.55. The molecule has 0 saturated heterocycles. The molecule has 0 aliphatic rings. The Morgan fingerprint density at radius 2 is 1.00 bits per heavy atom. The van der Waals surface area contributed by atoms with Gasteiger partial charge in [-0.05, 0) is 73.9 Å². The second-order valence-corrected chi connectivity index (χ2v) is 16.8. The van der Waals surface area contributed by atoms with Gasteiger partial charge in [-0.1, -0.05) is 48.5 Å². The van der Waals surface area contributed by atoms with Crippen molar-refractivity contribution in [3.63, 3.8) is 0 Å². The molecule has 4 heteroatoms. The van der Waals surface area contributed by atoms with Crippen molar-refractivity contribution < 1.29 is 20.4 Å². The van der Waals surface area contributed by atoms with E-state index in [1.807, 2.05) is 42.5 Å². The summed E-state index contributed by atoms with van der Waals surface area (Å²) >= 11 is 7.08. The quantitative estimate of drug-likeness (QED) is 0.231. The summed E-state index contributed by atoms with van der Waals surface area (Å²) < 4.78 is 0.